The molecule has 1 aromatic rings. The molecule has 2 N–H and O–H groups in total. The maximum atomic E-state index is 10.6. The summed E-state index contributed by atoms with van der Waals surface area (Å²) in [6, 6.07) is 1.95. The Morgan fingerprint density at radius 1 is 1.58 bits per heavy atom. The van der Waals surface area contributed by atoms with Gasteiger partial charge < -0.3 is 10.2 Å². The molecule has 2 heterocycles. The van der Waals surface area contributed by atoms with Gasteiger partial charge in [0.25, 0.3) is 0 Å². The Bertz CT molecular complexity index is 455. The van der Waals surface area contributed by atoms with Gasteiger partial charge >= 0.3 is 5.97 Å². The summed E-state index contributed by atoms with van der Waals surface area (Å²) in [5.41, 5.74) is 0.985. The summed E-state index contributed by atoms with van der Waals surface area (Å²) in [7, 11) is 0. The van der Waals surface area contributed by atoms with E-state index in [1.807, 2.05) is 11.4 Å². The van der Waals surface area contributed by atoms with Gasteiger partial charge in [-0.25, -0.2) is 4.79 Å². The van der Waals surface area contributed by atoms with E-state index in [9.17, 15) is 9.90 Å². The second-order valence-electron chi connectivity index (χ2n) is 4.90. The second-order valence-corrected chi connectivity index (χ2v) is 5.90. The number of carboxylic acid groups (broad SMARTS) is 1. The molecule has 0 amide bonds. The van der Waals surface area contributed by atoms with E-state index in [-0.39, 0.29) is 6.61 Å². The van der Waals surface area contributed by atoms with Crippen molar-refractivity contribution in [1.29, 1.82) is 0 Å². The molecule has 1 aromatic heterocycles. The molecule has 19 heavy (non-hydrogen) atoms. The number of piperidine rings is 1. The van der Waals surface area contributed by atoms with Crippen molar-refractivity contribution >= 4 is 23.4 Å². The molecule has 0 bridgehead atoms. The summed E-state index contributed by atoms with van der Waals surface area (Å²) >= 11 is 1.66. The molecular weight excluding hydrogens is 262 g/mol. The van der Waals surface area contributed by atoms with Gasteiger partial charge in [0.05, 0.1) is 0 Å². The number of hydrogen-bond donors (Lipinski definition) is 2. The van der Waals surface area contributed by atoms with E-state index in [1.54, 1.807) is 17.4 Å². The van der Waals surface area contributed by atoms with Crippen LogP contribution < -0.4 is 0 Å². The number of hydrogen-bond acceptors (Lipinski definition) is 4. The normalized spacial score (nSPS) is 21.0. The van der Waals surface area contributed by atoms with Crippen LogP contribution in [0.3, 0.4) is 0 Å². The molecule has 5 heteroatoms. The molecule has 2 rings (SSSR count). The summed E-state index contributed by atoms with van der Waals surface area (Å²) in [6.45, 7) is 3.08. The van der Waals surface area contributed by atoms with Crippen LogP contribution in [0.1, 0.15) is 23.3 Å². The lowest BCUT2D eigenvalue weighted by molar-refractivity contribution is -0.131. The molecular formula is C14H19NO3S. The first-order valence-electron chi connectivity index (χ1n) is 6.49. The van der Waals surface area contributed by atoms with E-state index in [2.05, 4.69) is 4.90 Å². The smallest absolute Gasteiger partial charge is 0.328 e. The molecule has 1 atom stereocenters. The first-order chi connectivity index (χ1) is 9.19. The lowest BCUT2D eigenvalue weighted by Gasteiger charge is -2.31. The third-order valence-corrected chi connectivity index (χ3v) is 4.34. The standard InChI is InChI=1S/C14H19NO3S/c16-10-11-2-1-6-15(8-11)9-13-12(5-7-19-13)3-4-14(17)18/h3-5,7,11,16H,1-2,6,8-10H2,(H,17,18)/b4-3+. The molecule has 0 saturated carbocycles. The summed E-state index contributed by atoms with van der Waals surface area (Å²) in [6.07, 6.45) is 5.06. The summed E-state index contributed by atoms with van der Waals surface area (Å²) < 4.78 is 0. The zero-order chi connectivity index (χ0) is 13.7. The van der Waals surface area contributed by atoms with Crippen LogP contribution in [0, 0.1) is 5.92 Å². The van der Waals surface area contributed by atoms with Crippen molar-refractivity contribution in [2.75, 3.05) is 19.7 Å². The van der Waals surface area contributed by atoms with Crippen LogP contribution >= 0.6 is 11.3 Å². The SMILES string of the molecule is O=C(O)/C=C/c1ccsc1CN1CCCC(CO)C1. The number of carbonyl (C=O) groups is 1. The van der Waals surface area contributed by atoms with Crippen molar-refractivity contribution in [3.63, 3.8) is 0 Å². The van der Waals surface area contributed by atoms with Crippen LogP contribution in [0.15, 0.2) is 17.5 Å². The zero-order valence-electron chi connectivity index (χ0n) is 10.8. The van der Waals surface area contributed by atoms with Crippen molar-refractivity contribution in [2.45, 2.75) is 19.4 Å². The Hall–Kier alpha value is -1.17. The average molecular weight is 281 g/mol. The van der Waals surface area contributed by atoms with Gasteiger partial charge in [-0.15, -0.1) is 11.3 Å². The molecule has 1 saturated heterocycles. The lowest BCUT2D eigenvalue weighted by atomic mass is 9.99. The molecule has 104 valence electrons. The molecule has 0 spiro atoms. The van der Waals surface area contributed by atoms with E-state index >= 15 is 0 Å². The highest BCUT2D eigenvalue weighted by atomic mass is 32.1. The van der Waals surface area contributed by atoms with Crippen LogP contribution in [-0.2, 0) is 11.3 Å². The minimum absolute atomic E-state index is 0.257. The van der Waals surface area contributed by atoms with Crippen molar-refractivity contribution in [3.8, 4) is 0 Å². The minimum Gasteiger partial charge on any atom is -0.478 e. The van der Waals surface area contributed by atoms with Crippen LogP contribution in [-0.4, -0.2) is 40.8 Å². The first kappa shape index (κ1) is 14.2. The zero-order valence-corrected chi connectivity index (χ0v) is 11.6. The van der Waals surface area contributed by atoms with Gasteiger partial charge in [-0.1, -0.05) is 0 Å². The highest BCUT2D eigenvalue weighted by Crippen LogP contribution is 2.23. The monoisotopic (exact) mass is 281 g/mol. The Balaban J connectivity index is 1.99. The van der Waals surface area contributed by atoms with Crippen molar-refractivity contribution in [3.05, 3.63) is 28.0 Å². The number of likely N-dealkylation sites (tertiary alicyclic amines) is 1. The summed E-state index contributed by atoms with van der Waals surface area (Å²) in [5, 5.41) is 19.9. The molecule has 1 aliphatic rings. The molecule has 1 unspecified atom stereocenters. The number of rotatable bonds is 5. The van der Waals surface area contributed by atoms with Gasteiger partial charge in [0.2, 0.25) is 0 Å². The summed E-state index contributed by atoms with van der Waals surface area (Å²) in [4.78, 5) is 14.1. The molecule has 0 aromatic carbocycles. The van der Waals surface area contributed by atoms with Gasteiger partial charge in [0.15, 0.2) is 0 Å². The molecule has 1 aliphatic heterocycles. The molecule has 0 radical (unpaired) electrons. The van der Waals surface area contributed by atoms with E-state index in [1.165, 1.54) is 11.0 Å². The number of aliphatic hydroxyl groups excluding tert-OH is 1. The predicted molar refractivity (Wildman–Crippen MR) is 76.1 cm³/mol. The molecule has 1 fully saturated rings. The first-order valence-corrected chi connectivity index (χ1v) is 7.37. The van der Waals surface area contributed by atoms with E-state index in [0.29, 0.717) is 5.92 Å². The van der Waals surface area contributed by atoms with Gasteiger partial charge in [-0.2, -0.15) is 0 Å². The maximum Gasteiger partial charge on any atom is 0.328 e. The lowest BCUT2D eigenvalue weighted by Crippen LogP contribution is -2.36. The Labute approximate surface area is 117 Å². The van der Waals surface area contributed by atoms with Gasteiger partial charge in [-0.05, 0) is 48.4 Å². The van der Waals surface area contributed by atoms with E-state index in [0.717, 1.165) is 38.0 Å². The van der Waals surface area contributed by atoms with Crippen LogP contribution in [0.4, 0.5) is 0 Å². The Kier molecular flexibility index (Phi) is 5.13. The third kappa shape index (κ3) is 4.16. The molecule has 4 nitrogen and oxygen atoms in total. The van der Waals surface area contributed by atoms with Crippen molar-refractivity contribution in [2.24, 2.45) is 5.92 Å². The van der Waals surface area contributed by atoms with Crippen molar-refractivity contribution < 1.29 is 15.0 Å². The molecule has 0 aliphatic carbocycles. The fraction of sp³-hybridized carbons (Fsp3) is 0.500. The number of carboxylic acids is 1. The van der Waals surface area contributed by atoms with E-state index < -0.39 is 5.97 Å². The highest BCUT2D eigenvalue weighted by Gasteiger charge is 2.20. The predicted octanol–water partition coefficient (Wildman–Crippen LogP) is 2.05. The van der Waals surface area contributed by atoms with Crippen molar-refractivity contribution in [1.82, 2.24) is 4.90 Å². The number of aliphatic carboxylic acids is 1. The average Bonchev–Trinajstić information content (AvgIpc) is 2.84. The highest BCUT2D eigenvalue weighted by molar-refractivity contribution is 7.10. The third-order valence-electron chi connectivity index (χ3n) is 3.41. The number of nitrogens with zero attached hydrogens (tertiary/aromatic N) is 1. The maximum absolute atomic E-state index is 10.6. The van der Waals surface area contributed by atoms with Gasteiger partial charge in [0.1, 0.15) is 0 Å². The number of aliphatic hydroxyl groups is 1. The summed E-state index contributed by atoms with van der Waals surface area (Å²) in [5.74, 6) is -0.540. The van der Waals surface area contributed by atoms with Crippen LogP contribution in [0.2, 0.25) is 0 Å². The Morgan fingerprint density at radius 3 is 3.16 bits per heavy atom. The fourth-order valence-electron chi connectivity index (χ4n) is 2.44. The second kappa shape index (κ2) is 6.84. The fourth-order valence-corrected chi connectivity index (χ4v) is 3.34. The van der Waals surface area contributed by atoms with Crippen LogP contribution in [0.25, 0.3) is 6.08 Å². The van der Waals surface area contributed by atoms with Crippen LogP contribution in [0.5, 0.6) is 0 Å². The minimum atomic E-state index is -0.921. The topological polar surface area (TPSA) is 60.8 Å². The number of thiophene rings is 1. The quantitative estimate of drug-likeness (QED) is 0.811. The van der Waals surface area contributed by atoms with E-state index in [4.69, 9.17) is 5.11 Å². The van der Waals surface area contributed by atoms with Gasteiger partial charge in [-0.3, -0.25) is 4.90 Å². The Morgan fingerprint density at radius 2 is 2.42 bits per heavy atom. The van der Waals surface area contributed by atoms with Gasteiger partial charge in [0, 0.05) is 30.6 Å². The largest absolute Gasteiger partial charge is 0.478 e.